The molecule has 2 rings (SSSR count). The molecule has 0 bridgehead atoms. The van der Waals surface area contributed by atoms with E-state index in [2.05, 4.69) is 29.6 Å². The zero-order valence-corrected chi connectivity index (χ0v) is 18.8. The van der Waals surface area contributed by atoms with Gasteiger partial charge in [0.05, 0.1) is 12.8 Å². The molecule has 1 aliphatic rings. The summed E-state index contributed by atoms with van der Waals surface area (Å²) in [6.45, 7) is 7.34. The molecule has 0 radical (unpaired) electrons. The summed E-state index contributed by atoms with van der Waals surface area (Å²) in [6.07, 6.45) is 6.47. The molecule has 30 heavy (non-hydrogen) atoms. The molecule has 0 saturated heterocycles. The summed E-state index contributed by atoms with van der Waals surface area (Å²) in [5, 5.41) is 12.2. The summed E-state index contributed by atoms with van der Waals surface area (Å²) < 4.78 is 5.23. The number of methoxy groups -OCH3 is 1. The molecule has 1 atom stereocenters. The van der Waals surface area contributed by atoms with Crippen LogP contribution in [0.15, 0.2) is 29.4 Å². The highest BCUT2D eigenvalue weighted by molar-refractivity contribution is 6.40. The molecular formula is C23H36N4O3. The lowest BCUT2D eigenvalue weighted by molar-refractivity contribution is -0.125. The van der Waals surface area contributed by atoms with Crippen molar-refractivity contribution in [3.63, 3.8) is 0 Å². The Kier molecular flexibility index (Phi) is 9.15. The second-order valence-electron chi connectivity index (χ2n) is 7.93. The first-order valence-corrected chi connectivity index (χ1v) is 11.0. The average Bonchev–Trinajstić information content (AvgIpc) is 3.13. The van der Waals surface area contributed by atoms with Crippen molar-refractivity contribution in [1.29, 1.82) is 0 Å². The predicted molar refractivity (Wildman–Crippen MR) is 121 cm³/mol. The monoisotopic (exact) mass is 416 g/mol. The molecule has 1 aromatic rings. The average molecular weight is 417 g/mol. The number of benzene rings is 1. The van der Waals surface area contributed by atoms with E-state index in [1.165, 1.54) is 0 Å². The molecule has 2 N–H and O–H groups in total. The van der Waals surface area contributed by atoms with Crippen molar-refractivity contribution in [2.75, 3.05) is 25.2 Å². The van der Waals surface area contributed by atoms with Crippen LogP contribution in [0.4, 0.5) is 5.69 Å². The van der Waals surface area contributed by atoms with E-state index < -0.39 is 5.54 Å². The third kappa shape index (κ3) is 5.97. The van der Waals surface area contributed by atoms with E-state index in [9.17, 15) is 9.59 Å². The van der Waals surface area contributed by atoms with Crippen LogP contribution in [0.5, 0.6) is 5.75 Å². The van der Waals surface area contributed by atoms with Crippen LogP contribution >= 0.6 is 0 Å². The highest BCUT2D eigenvalue weighted by Gasteiger charge is 2.47. The van der Waals surface area contributed by atoms with Crippen LogP contribution in [-0.4, -0.2) is 43.3 Å². The highest BCUT2D eigenvalue weighted by atomic mass is 16.5. The first kappa shape index (κ1) is 23.7. The Hall–Kier alpha value is -2.57. The number of amides is 2. The van der Waals surface area contributed by atoms with Gasteiger partial charge in [0.2, 0.25) is 5.91 Å². The van der Waals surface area contributed by atoms with Gasteiger partial charge in [-0.1, -0.05) is 39.5 Å². The zero-order valence-electron chi connectivity index (χ0n) is 18.8. The second-order valence-corrected chi connectivity index (χ2v) is 7.93. The van der Waals surface area contributed by atoms with Crippen LogP contribution in [0.2, 0.25) is 0 Å². The van der Waals surface area contributed by atoms with Crippen molar-refractivity contribution in [3.8, 4) is 5.75 Å². The summed E-state index contributed by atoms with van der Waals surface area (Å²) in [5.41, 5.74) is 0.168. The smallest absolute Gasteiger partial charge is 0.267 e. The molecule has 1 aliphatic heterocycles. The van der Waals surface area contributed by atoms with E-state index in [-0.39, 0.29) is 18.2 Å². The van der Waals surface area contributed by atoms with Gasteiger partial charge in [0.1, 0.15) is 17.0 Å². The van der Waals surface area contributed by atoms with Gasteiger partial charge in [0, 0.05) is 19.5 Å². The number of carbonyl (C=O) groups is 2. The molecule has 7 nitrogen and oxygen atoms in total. The van der Waals surface area contributed by atoms with Crippen molar-refractivity contribution in [2.24, 2.45) is 5.10 Å². The summed E-state index contributed by atoms with van der Waals surface area (Å²) in [6, 6.07) is 7.36. The Balaban J connectivity index is 2.19. The van der Waals surface area contributed by atoms with Crippen molar-refractivity contribution in [2.45, 2.75) is 71.3 Å². The Bertz CT molecular complexity index is 732. The van der Waals surface area contributed by atoms with Gasteiger partial charge >= 0.3 is 0 Å². The Labute approximate surface area is 180 Å². The summed E-state index contributed by atoms with van der Waals surface area (Å²) >= 11 is 0. The van der Waals surface area contributed by atoms with Crippen LogP contribution in [0.1, 0.15) is 65.7 Å². The van der Waals surface area contributed by atoms with E-state index >= 15 is 0 Å². The number of nitrogens with one attached hydrogen (secondary N) is 2. The van der Waals surface area contributed by atoms with E-state index in [0.29, 0.717) is 18.8 Å². The molecule has 1 heterocycles. The molecule has 7 heteroatoms. The van der Waals surface area contributed by atoms with Crippen LogP contribution in [-0.2, 0) is 9.59 Å². The van der Waals surface area contributed by atoms with Crippen molar-refractivity contribution >= 4 is 23.2 Å². The first-order valence-electron chi connectivity index (χ1n) is 11.0. The Morgan fingerprint density at radius 3 is 2.20 bits per heavy atom. The van der Waals surface area contributed by atoms with Crippen LogP contribution in [0.25, 0.3) is 0 Å². The quantitative estimate of drug-likeness (QED) is 0.510. The molecule has 0 fully saturated rings. The summed E-state index contributed by atoms with van der Waals surface area (Å²) in [4.78, 5) is 25.8. The fourth-order valence-electron chi connectivity index (χ4n) is 3.48. The Morgan fingerprint density at radius 1 is 1.03 bits per heavy atom. The first-order chi connectivity index (χ1) is 14.5. The number of hydrogen-bond donors (Lipinski definition) is 2. The van der Waals surface area contributed by atoms with Gasteiger partial charge in [-0.2, -0.15) is 5.10 Å². The summed E-state index contributed by atoms with van der Waals surface area (Å²) in [7, 11) is 1.61. The lowest BCUT2D eigenvalue weighted by Gasteiger charge is -2.33. The molecule has 1 unspecified atom stereocenters. The molecule has 1 aromatic carbocycles. The topological polar surface area (TPSA) is 83.0 Å². The van der Waals surface area contributed by atoms with Gasteiger partial charge in [-0.15, -0.1) is 0 Å². The maximum Gasteiger partial charge on any atom is 0.267 e. The van der Waals surface area contributed by atoms with E-state index in [0.717, 1.165) is 50.0 Å². The van der Waals surface area contributed by atoms with E-state index in [1.54, 1.807) is 12.1 Å². The highest BCUT2D eigenvalue weighted by Crippen LogP contribution is 2.34. The standard InChI is InChI=1S/C23H36N4O3/c1-5-7-9-15-24-21(28)20-17-23(3,22(29)25-16-10-8-6-2)27(26-20)18-11-13-19(30-4)14-12-18/h11-14H,5-10,15-17H2,1-4H3,(H,24,28)(H,25,29). The van der Waals surface area contributed by atoms with Gasteiger partial charge in [0.25, 0.3) is 5.91 Å². The number of rotatable bonds is 12. The lowest BCUT2D eigenvalue weighted by atomic mass is 9.93. The van der Waals surface area contributed by atoms with Crippen LogP contribution in [0.3, 0.4) is 0 Å². The maximum absolute atomic E-state index is 13.1. The fourth-order valence-corrected chi connectivity index (χ4v) is 3.48. The number of unbranched alkanes of at least 4 members (excludes halogenated alkanes) is 4. The van der Waals surface area contributed by atoms with Crippen molar-refractivity contribution < 1.29 is 14.3 Å². The van der Waals surface area contributed by atoms with E-state index in [1.807, 2.05) is 31.2 Å². The van der Waals surface area contributed by atoms with Gasteiger partial charge in [-0.05, 0) is 44.0 Å². The minimum atomic E-state index is -0.961. The molecular weight excluding hydrogens is 380 g/mol. The number of carbonyl (C=O) groups excluding carboxylic acids is 2. The molecule has 2 amide bonds. The summed E-state index contributed by atoms with van der Waals surface area (Å²) in [5.74, 6) is 0.403. The Morgan fingerprint density at radius 2 is 1.63 bits per heavy atom. The van der Waals surface area contributed by atoms with Gasteiger partial charge in [0.15, 0.2) is 0 Å². The number of hydrazone groups is 1. The molecule has 166 valence electrons. The number of ether oxygens (including phenoxy) is 1. The molecule has 0 aromatic heterocycles. The van der Waals surface area contributed by atoms with Crippen LogP contribution in [0, 0.1) is 0 Å². The molecule has 0 saturated carbocycles. The lowest BCUT2D eigenvalue weighted by Crippen LogP contribution is -2.53. The van der Waals surface area contributed by atoms with Gasteiger partial charge in [-0.25, -0.2) is 5.01 Å². The second kappa shape index (κ2) is 11.6. The SMILES string of the molecule is CCCCCNC(=O)C1=NN(c2ccc(OC)cc2)C(C)(C(=O)NCCCCC)C1. The largest absolute Gasteiger partial charge is 0.497 e. The minimum Gasteiger partial charge on any atom is -0.497 e. The third-order valence-corrected chi connectivity index (χ3v) is 5.40. The minimum absolute atomic E-state index is 0.119. The van der Waals surface area contributed by atoms with E-state index in [4.69, 9.17) is 4.74 Å². The van der Waals surface area contributed by atoms with Crippen molar-refractivity contribution in [1.82, 2.24) is 10.6 Å². The normalized spacial score (nSPS) is 18.1. The van der Waals surface area contributed by atoms with Gasteiger partial charge in [-0.3, -0.25) is 9.59 Å². The molecule has 0 spiro atoms. The van der Waals surface area contributed by atoms with Crippen molar-refractivity contribution in [3.05, 3.63) is 24.3 Å². The number of nitrogens with zero attached hydrogens (tertiary/aromatic N) is 2. The third-order valence-electron chi connectivity index (χ3n) is 5.40. The number of anilines is 1. The van der Waals surface area contributed by atoms with Crippen LogP contribution < -0.4 is 20.4 Å². The van der Waals surface area contributed by atoms with Gasteiger partial charge < -0.3 is 15.4 Å². The predicted octanol–water partition coefficient (Wildman–Crippen LogP) is 3.63. The molecule has 0 aliphatic carbocycles. The zero-order chi connectivity index (χ0) is 22.0. The fraction of sp³-hybridized carbons (Fsp3) is 0.609. The number of hydrogen-bond acceptors (Lipinski definition) is 5. The maximum atomic E-state index is 13.1.